The molecular weight excluding hydrogens is 370 g/mol. The number of halogens is 1. The summed E-state index contributed by atoms with van der Waals surface area (Å²) < 4.78 is 25.3. The zero-order valence-corrected chi connectivity index (χ0v) is 14.8. The molecule has 0 radical (unpaired) electrons. The molecule has 0 aromatic heterocycles. The van der Waals surface area contributed by atoms with E-state index in [-0.39, 0.29) is 5.75 Å². The molecule has 0 saturated carbocycles. The van der Waals surface area contributed by atoms with Gasteiger partial charge in [-0.1, -0.05) is 22.0 Å². The van der Waals surface area contributed by atoms with Gasteiger partial charge in [-0.15, -0.1) is 11.8 Å². The van der Waals surface area contributed by atoms with Crippen molar-refractivity contribution in [2.24, 2.45) is 0 Å². The van der Waals surface area contributed by atoms with Gasteiger partial charge in [-0.25, -0.2) is 8.42 Å². The molecule has 0 spiro atoms. The average molecular weight is 386 g/mol. The first kappa shape index (κ1) is 16.4. The molecule has 2 N–H and O–H groups in total. The van der Waals surface area contributed by atoms with E-state index in [2.05, 4.69) is 15.9 Å². The van der Waals surface area contributed by atoms with Gasteiger partial charge in [0.15, 0.2) is 9.84 Å². The van der Waals surface area contributed by atoms with Gasteiger partial charge in [0.25, 0.3) is 0 Å². The van der Waals surface area contributed by atoms with Crippen LogP contribution in [0.4, 0.5) is 5.69 Å². The lowest BCUT2D eigenvalue weighted by atomic mass is 10.2. The normalized spacial score (nSPS) is 11.5. The molecular formula is C15H16BrNO2S2. The van der Waals surface area contributed by atoms with E-state index in [1.54, 1.807) is 24.3 Å². The molecule has 21 heavy (non-hydrogen) atoms. The van der Waals surface area contributed by atoms with Crippen molar-refractivity contribution in [1.29, 1.82) is 0 Å². The Hall–Kier alpha value is -0.980. The molecule has 0 unspecified atom stereocenters. The van der Waals surface area contributed by atoms with E-state index in [0.717, 1.165) is 14.9 Å². The van der Waals surface area contributed by atoms with Crippen LogP contribution in [0.1, 0.15) is 5.56 Å². The molecule has 3 nitrogen and oxygen atoms in total. The fraction of sp³-hybridized carbons (Fsp3) is 0.200. The number of rotatable bonds is 5. The van der Waals surface area contributed by atoms with Crippen LogP contribution in [0.25, 0.3) is 0 Å². The Labute approximate surface area is 138 Å². The second-order valence-electron chi connectivity index (χ2n) is 4.65. The Morgan fingerprint density at radius 2 is 1.81 bits per heavy atom. The first-order valence-electron chi connectivity index (χ1n) is 6.36. The minimum Gasteiger partial charge on any atom is -0.399 e. The highest BCUT2D eigenvalue weighted by Crippen LogP contribution is 2.25. The summed E-state index contributed by atoms with van der Waals surface area (Å²) in [4.78, 5) is 1.39. The van der Waals surface area contributed by atoms with Gasteiger partial charge in [-0.3, -0.25) is 0 Å². The first-order chi connectivity index (χ1) is 9.88. The standard InChI is InChI=1S/C15H16BrNO2S2/c1-11-2-5-13(17)10-15(11)20-8-9-21(18,19)14-6-3-12(16)4-7-14/h2-7,10H,8-9,17H2,1H3. The topological polar surface area (TPSA) is 60.2 Å². The lowest BCUT2D eigenvalue weighted by Crippen LogP contribution is -2.08. The third kappa shape index (κ3) is 4.49. The van der Waals surface area contributed by atoms with Crippen molar-refractivity contribution < 1.29 is 8.42 Å². The Morgan fingerprint density at radius 3 is 2.48 bits per heavy atom. The summed E-state index contributed by atoms with van der Waals surface area (Å²) in [7, 11) is -3.24. The van der Waals surface area contributed by atoms with Gasteiger partial charge in [0.1, 0.15) is 0 Å². The Balaban J connectivity index is 2.02. The number of hydrogen-bond acceptors (Lipinski definition) is 4. The first-order valence-corrected chi connectivity index (χ1v) is 9.79. The van der Waals surface area contributed by atoms with Crippen molar-refractivity contribution in [3.8, 4) is 0 Å². The smallest absolute Gasteiger partial charge is 0.179 e. The summed E-state index contributed by atoms with van der Waals surface area (Å²) in [6.45, 7) is 1.99. The number of sulfone groups is 1. The summed E-state index contributed by atoms with van der Waals surface area (Å²) in [6.07, 6.45) is 0. The minimum atomic E-state index is -3.24. The Morgan fingerprint density at radius 1 is 1.14 bits per heavy atom. The molecule has 112 valence electrons. The fourth-order valence-electron chi connectivity index (χ4n) is 1.79. The van der Waals surface area contributed by atoms with Crippen LogP contribution in [0.2, 0.25) is 0 Å². The van der Waals surface area contributed by atoms with Crippen molar-refractivity contribution in [2.75, 3.05) is 17.2 Å². The van der Waals surface area contributed by atoms with Gasteiger partial charge in [-0.05, 0) is 48.9 Å². The van der Waals surface area contributed by atoms with Crippen LogP contribution in [-0.2, 0) is 9.84 Å². The number of anilines is 1. The van der Waals surface area contributed by atoms with Crippen molar-refractivity contribution in [1.82, 2.24) is 0 Å². The van der Waals surface area contributed by atoms with Gasteiger partial charge in [0, 0.05) is 20.8 Å². The third-order valence-electron chi connectivity index (χ3n) is 2.99. The molecule has 6 heteroatoms. The highest BCUT2D eigenvalue weighted by molar-refractivity contribution is 9.10. The number of hydrogen-bond donors (Lipinski definition) is 1. The fourth-order valence-corrected chi connectivity index (χ4v) is 4.79. The number of nitrogens with two attached hydrogens (primary N) is 1. The van der Waals surface area contributed by atoms with Crippen molar-refractivity contribution in [3.63, 3.8) is 0 Å². The van der Waals surface area contributed by atoms with E-state index in [1.165, 1.54) is 11.8 Å². The molecule has 0 heterocycles. The molecule has 0 saturated heterocycles. The third-order valence-corrected chi connectivity index (χ3v) is 6.67. The summed E-state index contributed by atoms with van der Waals surface area (Å²) in [5.74, 6) is 0.607. The van der Waals surface area contributed by atoms with Gasteiger partial charge in [-0.2, -0.15) is 0 Å². The van der Waals surface area contributed by atoms with Crippen LogP contribution >= 0.6 is 27.7 Å². The molecule has 0 bridgehead atoms. The van der Waals surface area contributed by atoms with E-state index >= 15 is 0 Å². The Kier molecular flexibility index (Phi) is 5.35. The van der Waals surface area contributed by atoms with E-state index in [0.29, 0.717) is 16.3 Å². The van der Waals surface area contributed by atoms with E-state index < -0.39 is 9.84 Å². The summed E-state index contributed by atoms with van der Waals surface area (Å²) in [5.41, 5.74) is 7.55. The average Bonchev–Trinajstić information content (AvgIpc) is 2.43. The van der Waals surface area contributed by atoms with E-state index in [1.807, 2.05) is 25.1 Å². The highest BCUT2D eigenvalue weighted by atomic mass is 79.9. The number of nitrogen functional groups attached to an aromatic ring is 1. The van der Waals surface area contributed by atoms with Crippen LogP contribution in [0.5, 0.6) is 0 Å². The molecule has 0 atom stereocenters. The maximum absolute atomic E-state index is 12.2. The second kappa shape index (κ2) is 6.85. The molecule has 0 aliphatic rings. The molecule has 0 fully saturated rings. The summed E-state index contributed by atoms with van der Waals surface area (Å²) in [6, 6.07) is 12.4. The molecule has 2 rings (SSSR count). The number of aryl methyl sites for hydroxylation is 1. The van der Waals surface area contributed by atoms with Crippen LogP contribution in [0.15, 0.2) is 56.7 Å². The zero-order chi connectivity index (χ0) is 15.5. The maximum atomic E-state index is 12.2. The van der Waals surface area contributed by atoms with Gasteiger partial charge < -0.3 is 5.73 Å². The highest BCUT2D eigenvalue weighted by Gasteiger charge is 2.14. The van der Waals surface area contributed by atoms with Crippen LogP contribution in [0, 0.1) is 6.92 Å². The molecule has 2 aromatic rings. The monoisotopic (exact) mass is 385 g/mol. The van der Waals surface area contributed by atoms with Crippen molar-refractivity contribution in [3.05, 3.63) is 52.5 Å². The summed E-state index contributed by atoms with van der Waals surface area (Å²) >= 11 is 4.82. The van der Waals surface area contributed by atoms with Gasteiger partial charge >= 0.3 is 0 Å². The van der Waals surface area contributed by atoms with Crippen LogP contribution in [-0.4, -0.2) is 19.9 Å². The maximum Gasteiger partial charge on any atom is 0.179 e. The van der Waals surface area contributed by atoms with Crippen LogP contribution < -0.4 is 5.73 Å². The molecule has 0 amide bonds. The van der Waals surface area contributed by atoms with Gasteiger partial charge in [0.05, 0.1) is 10.6 Å². The predicted octanol–water partition coefficient (Wildman–Crippen LogP) is 3.91. The minimum absolute atomic E-state index is 0.105. The SMILES string of the molecule is Cc1ccc(N)cc1SCCS(=O)(=O)c1ccc(Br)cc1. The lowest BCUT2D eigenvalue weighted by molar-refractivity contribution is 0.597. The zero-order valence-electron chi connectivity index (χ0n) is 11.5. The lowest BCUT2D eigenvalue weighted by Gasteiger charge is -2.07. The number of thioether (sulfide) groups is 1. The largest absolute Gasteiger partial charge is 0.399 e. The summed E-state index contributed by atoms with van der Waals surface area (Å²) in [5, 5.41) is 0. The molecule has 0 aliphatic heterocycles. The second-order valence-corrected chi connectivity index (χ2v) is 8.81. The predicted molar refractivity (Wildman–Crippen MR) is 92.5 cm³/mol. The van der Waals surface area contributed by atoms with Crippen LogP contribution in [0.3, 0.4) is 0 Å². The van der Waals surface area contributed by atoms with E-state index in [4.69, 9.17) is 5.73 Å². The molecule has 0 aliphatic carbocycles. The number of benzene rings is 2. The van der Waals surface area contributed by atoms with Crippen molar-refractivity contribution >= 4 is 43.2 Å². The quantitative estimate of drug-likeness (QED) is 0.625. The molecule has 2 aromatic carbocycles. The van der Waals surface area contributed by atoms with Gasteiger partial charge in [0.2, 0.25) is 0 Å². The Bertz CT molecular complexity index is 728. The van der Waals surface area contributed by atoms with E-state index in [9.17, 15) is 8.42 Å². The van der Waals surface area contributed by atoms with Crippen molar-refractivity contribution in [2.45, 2.75) is 16.7 Å².